The topological polar surface area (TPSA) is 20.3 Å². The second-order valence-corrected chi connectivity index (χ2v) is 7.82. The third-order valence-electron chi connectivity index (χ3n) is 5.82. The Hall–Kier alpha value is -2.87. The highest BCUT2D eigenvalue weighted by molar-refractivity contribution is 6.10. The molecule has 0 atom stereocenters. The SMILES string of the molecule is CN1C(=CC=CC=C2CCc3ccccc3C2=O)C(C)(C)c2ccccc21. The van der Waals surface area contributed by atoms with E-state index in [2.05, 4.69) is 68.3 Å². The second kappa shape index (κ2) is 6.70. The molecule has 0 saturated carbocycles. The molecule has 0 N–H and O–H groups in total. The summed E-state index contributed by atoms with van der Waals surface area (Å²) in [6.45, 7) is 4.52. The largest absolute Gasteiger partial charge is 0.347 e. The van der Waals surface area contributed by atoms with Gasteiger partial charge < -0.3 is 4.90 Å². The quantitative estimate of drug-likeness (QED) is 0.653. The highest BCUT2D eigenvalue weighted by Crippen LogP contribution is 2.46. The van der Waals surface area contributed by atoms with Crippen LogP contribution in [0.3, 0.4) is 0 Å². The molecule has 0 fully saturated rings. The molecule has 0 unspecified atom stereocenters. The summed E-state index contributed by atoms with van der Waals surface area (Å²) in [7, 11) is 2.12. The van der Waals surface area contributed by atoms with Crippen molar-refractivity contribution < 1.29 is 4.79 Å². The fourth-order valence-corrected chi connectivity index (χ4v) is 4.29. The van der Waals surface area contributed by atoms with Gasteiger partial charge in [-0.05, 0) is 36.1 Å². The summed E-state index contributed by atoms with van der Waals surface area (Å²) in [5.74, 6) is 0.167. The minimum atomic E-state index is -0.0254. The molecule has 0 amide bonds. The minimum Gasteiger partial charge on any atom is -0.347 e. The number of allylic oxidation sites excluding steroid dienone is 6. The first kappa shape index (κ1) is 17.5. The zero-order valence-corrected chi connectivity index (χ0v) is 16.2. The maximum atomic E-state index is 12.6. The zero-order valence-electron chi connectivity index (χ0n) is 16.2. The van der Waals surface area contributed by atoms with Crippen molar-refractivity contribution >= 4 is 11.5 Å². The predicted octanol–water partition coefficient (Wildman–Crippen LogP) is 5.61. The molecular formula is C25H25NO. The van der Waals surface area contributed by atoms with Crippen LogP contribution in [-0.4, -0.2) is 12.8 Å². The van der Waals surface area contributed by atoms with Crippen LogP contribution >= 0.6 is 0 Å². The summed E-state index contributed by atoms with van der Waals surface area (Å²) < 4.78 is 0. The van der Waals surface area contributed by atoms with Crippen molar-refractivity contribution in [3.8, 4) is 0 Å². The average Bonchev–Trinajstić information content (AvgIpc) is 2.87. The van der Waals surface area contributed by atoms with E-state index in [4.69, 9.17) is 0 Å². The Kier molecular flexibility index (Phi) is 4.35. The Labute approximate surface area is 161 Å². The number of Topliss-reactive ketones (excluding diaryl/α,β-unsaturated/α-hetero) is 1. The number of nitrogens with zero attached hydrogens (tertiary/aromatic N) is 1. The van der Waals surface area contributed by atoms with Crippen molar-refractivity contribution in [1.29, 1.82) is 0 Å². The molecule has 2 aromatic rings. The first-order valence-corrected chi connectivity index (χ1v) is 9.54. The zero-order chi connectivity index (χ0) is 19.0. The van der Waals surface area contributed by atoms with Crippen LogP contribution in [0, 0.1) is 0 Å². The second-order valence-electron chi connectivity index (χ2n) is 7.82. The summed E-state index contributed by atoms with van der Waals surface area (Å²) in [5, 5.41) is 0. The maximum Gasteiger partial charge on any atom is 0.189 e. The van der Waals surface area contributed by atoms with Crippen LogP contribution in [0.5, 0.6) is 0 Å². The number of rotatable bonds is 2. The van der Waals surface area contributed by atoms with Crippen LogP contribution in [0.1, 0.15) is 41.8 Å². The fourth-order valence-electron chi connectivity index (χ4n) is 4.29. The van der Waals surface area contributed by atoms with Gasteiger partial charge in [0.25, 0.3) is 0 Å². The molecule has 136 valence electrons. The van der Waals surface area contributed by atoms with Crippen molar-refractivity contribution in [3.63, 3.8) is 0 Å². The number of fused-ring (bicyclic) bond motifs is 2. The highest BCUT2D eigenvalue weighted by Gasteiger charge is 2.37. The van der Waals surface area contributed by atoms with Crippen LogP contribution in [-0.2, 0) is 11.8 Å². The van der Waals surface area contributed by atoms with Gasteiger partial charge in [0.05, 0.1) is 0 Å². The van der Waals surface area contributed by atoms with Crippen molar-refractivity contribution in [2.24, 2.45) is 0 Å². The van der Waals surface area contributed by atoms with E-state index in [1.807, 2.05) is 30.4 Å². The number of benzene rings is 2. The molecule has 27 heavy (non-hydrogen) atoms. The van der Waals surface area contributed by atoms with Gasteiger partial charge in [-0.2, -0.15) is 0 Å². The van der Waals surface area contributed by atoms with E-state index in [1.165, 1.54) is 16.9 Å². The number of anilines is 1. The molecule has 0 spiro atoms. The molecule has 2 aromatic carbocycles. The third kappa shape index (κ3) is 2.95. The van der Waals surface area contributed by atoms with Gasteiger partial charge in [0.15, 0.2) is 5.78 Å². The summed E-state index contributed by atoms with van der Waals surface area (Å²) >= 11 is 0. The Morgan fingerprint density at radius 2 is 1.63 bits per heavy atom. The molecular weight excluding hydrogens is 330 g/mol. The van der Waals surface area contributed by atoms with Gasteiger partial charge in [-0.25, -0.2) is 0 Å². The van der Waals surface area contributed by atoms with Crippen LogP contribution in [0.25, 0.3) is 0 Å². The molecule has 0 aromatic heterocycles. The number of ketones is 1. The number of hydrogen-bond acceptors (Lipinski definition) is 2. The molecule has 4 rings (SSSR count). The third-order valence-corrected chi connectivity index (χ3v) is 5.82. The Morgan fingerprint density at radius 1 is 0.926 bits per heavy atom. The van der Waals surface area contributed by atoms with Crippen LogP contribution in [0.4, 0.5) is 5.69 Å². The van der Waals surface area contributed by atoms with Gasteiger partial charge in [0.1, 0.15) is 0 Å². The summed E-state index contributed by atoms with van der Waals surface area (Å²) in [5.41, 5.74) is 6.77. The van der Waals surface area contributed by atoms with Crippen molar-refractivity contribution in [2.45, 2.75) is 32.1 Å². The van der Waals surface area contributed by atoms with E-state index in [0.717, 1.165) is 29.5 Å². The van der Waals surface area contributed by atoms with Gasteiger partial charge in [-0.3, -0.25) is 4.79 Å². The normalized spacial score (nSPS) is 21.1. The maximum absolute atomic E-state index is 12.6. The van der Waals surface area contributed by atoms with Gasteiger partial charge in [-0.15, -0.1) is 0 Å². The first-order chi connectivity index (χ1) is 13.0. The molecule has 1 heterocycles. The van der Waals surface area contributed by atoms with Crippen molar-refractivity contribution in [1.82, 2.24) is 0 Å². The standard InChI is InChI=1S/C25H25NO/c1-25(2)21-13-7-8-14-22(21)26(3)23(25)15-9-5-11-19-17-16-18-10-4-6-12-20(18)24(19)27/h4-15H,16-17H2,1-3H3. The van der Waals surface area contributed by atoms with Crippen molar-refractivity contribution in [2.75, 3.05) is 11.9 Å². The molecule has 1 aliphatic heterocycles. The van der Waals surface area contributed by atoms with E-state index in [9.17, 15) is 4.79 Å². The summed E-state index contributed by atoms with van der Waals surface area (Å²) in [6.07, 6.45) is 9.95. The number of likely N-dealkylation sites (N-methyl/N-ethyl adjacent to an activating group) is 1. The van der Waals surface area contributed by atoms with Gasteiger partial charge in [0.2, 0.25) is 0 Å². The van der Waals surface area contributed by atoms with Crippen molar-refractivity contribution in [3.05, 3.63) is 101 Å². The van der Waals surface area contributed by atoms with Crippen LogP contribution in [0.2, 0.25) is 0 Å². The van der Waals surface area contributed by atoms with Crippen LogP contribution in [0.15, 0.2) is 84.1 Å². The molecule has 1 aliphatic carbocycles. The molecule has 0 bridgehead atoms. The lowest BCUT2D eigenvalue weighted by Gasteiger charge is -2.23. The number of carbonyl (C=O) groups is 1. The van der Waals surface area contributed by atoms with E-state index in [1.54, 1.807) is 0 Å². The van der Waals surface area contributed by atoms with Crippen LogP contribution < -0.4 is 4.90 Å². The van der Waals surface area contributed by atoms with Gasteiger partial charge in [-0.1, -0.05) is 74.5 Å². The lowest BCUT2D eigenvalue weighted by Crippen LogP contribution is -2.22. The van der Waals surface area contributed by atoms with Gasteiger partial charge >= 0.3 is 0 Å². The Morgan fingerprint density at radius 3 is 2.44 bits per heavy atom. The average molecular weight is 355 g/mol. The highest BCUT2D eigenvalue weighted by atomic mass is 16.1. The predicted molar refractivity (Wildman–Crippen MR) is 112 cm³/mol. The van der Waals surface area contributed by atoms with E-state index < -0.39 is 0 Å². The monoisotopic (exact) mass is 355 g/mol. The minimum absolute atomic E-state index is 0.0254. The summed E-state index contributed by atoms with van der Waals surface area (Å²) in [4.78, 5) is 14.9. The lowest BCUT2D eigenvalue weighted by molar-refractivity contribution is 0.102. The lowest BCUT2D eigenvalue weighted by atomic mass is 9.84. The van der Waals surface area contributed by atoms with E-state index in [0.29, 0.717) is 0 Å². The molecule has 0 radical (unpaired) electrons. The Balaban J connectivity index is 1.57. The first-order valence-electron chi connectivity index (χ1n) is 9.54. The van der Waals surface area contributed by atoms with E-state index >= 15 is 0 Å². The smallest absolute Gasteiger partial charge is 0.189 e. The van der Waals surface area contributed by atoms with E-state index in [-0.39, 0.29) is 11.2 Å². The Bertz CT molecular complexity index is 991. The molecule has 2 heteroatoms. The molecule has 0 saturated heterocycles. The fraction of sp³-hybridized carbons (Fsp3) is 0.240. The number of hydrogen-bond donors (Lipinski definition) is 0. The number of carbonyl (C=O) groups excluding carboxylic acids is 1. The molecule has 2 nitrogen and oxygen atoms in total. The molecule has 2 aliphatic rings. The number of para-hydroxylation sites is 1. The van der Waals surface area contributed by atoms with Gasteiger partial charge in [0, 0.05) is 35.0 Å². The number of aryl methyl sites for hydroxylation is 1. The summed E-state index contributed by atoms with van der Waals surface area (Å²) in [6, 6.07) is 16.5.